The number of likely N-dealkylation sites (N-methyl/N-ethyl adjacent to an activating group) is 1. The van der Waals surface area contributed by atoms with Gasteiger partial charge in [0.25, 0.3) is 0 Å². The van der Waals surface area contributed by atoms with Crippen LogP contribution in [0.3, 0.4) is 0 Å². The number of nitrogens with one attached hydrogen (secondary N) is 1. The largest absolute Gasteiger partial charge is 0.317 e. The van der Waals surface area contributed by atoms with Crippen LogP contribution in [0.2, 0.25) is 0 Å². The van der Waals surface area contributed by atoms with Crippen molar-refractivity contribution in [3.63, 3.8) is 0 Å². The normalized spacial score (nSPS) is 14.9. The second-order valence-electron chi connectivity index (χ2n) is 2.86. The fourth-order valence-electron chi connectivity index (χ4n) is 1.37. The van der Waals surface area contributed by atoms with Crippen molar-refractivity contribution in [1.29, 1.82) is 0 Å². The van der Waals surface area contributed by atoms with E-state index in [4.69, 9.17) is 5.53 Å². The molecule has 0 radical (unpaired) electrons. The van der Waals surface area contributed by atoms with Gasteiger partial charge in [0, 0.05) is 11.0 Å². The van der Waals surface area contributed by atoms with Crippen LogP contribution < -0.4 is 5.32 Å². The van der Waals surface area contributed by atoms with Gasteiger partial charge in [0.15, 0.2) is 0 Å². The summed E-state index contributed by atoms with van der Waals surface area (Å²) in [5.74, 6) is 0. The Labute approximate surface area is 74.0 Å². The third kappa shape index (κ3) is 3.60. The molecule has 0 aromatic heterocycles. The molecule has 0 aliphatic carbocycles. The Bertz CT molecular complexity index is 147. The Morgan fingerprint density at radius 3 is 2.50 bits per heavy atom. The van der Waals surface area contributed by atoms with Crippen LogP contribution >= 0.6 is 0 Å². The summed E-state index contributed by atoms with van der Waals surface area (Å²) < 4.78 is 0. The van der Waals surface area contributed by atoms with E-state index in [2.05, 4.69) is 29.2 Å². The molecule has 0 saturated carbocycles. The number of nitrogens with zero attached hydrogens (tertiary/aromatic N) is 3. The zero-order valence-corrected chi connectivity index (χ0v) is 8.12. The Balaban J connectivity index is 4.14. The van der Waals surface area contributed by atoms with Gasteiger partial charge in [-0.25, -0.2) is 0 Å². The lowest BCUT2D eigenvalue weighted by Gasteiger charge is -2.20. The predicted octanol–water partition coefficient (Wildman–Crippen LogP) is 2.46. The third-order valence-corrected chi connectivity index (χ3v) is 2.06. The standard InChI is InChI=1S/C8H18N4/c1-4-6-8(11-12-9)7(5-2)10-3/h7-8,10H,4-6H2,1-3H3. The number of hydrogen-bond donors (Lipinski definition) is 1. The van der Waals surface area contributed by atoms with Crippen LogP contribution in [0.5, 0.6) is 0 Å². The highest BCUT2D eigenvalue weighted by molar-refractivity contribution is 4.79. The van der Waals surface area contributed by atoms with Crippen molar-refractivity contribution in [3.05, 3.63) is 10.4 Å². The molecule has 0 rings (SSSR count). The van der Waals surface area contributed by atoms with Crippen molar-refractivity contribution < 1.29 is 0 Å². The highest BCUT2D eigenvalue weighted by atomic mass is 15.2. The quantitative estimate of drug-likeness (QED) is 0.371. The van der Waals surface area contributed by atoms with Gasteiger partial charge in [-0.2, -0.15) is 0 Å². The van der Waals surface area contributed by atoms with Gasteiger partial charge in [0.1, 0.15) is 0 Å². The molecule has 0 heterocycles. The second kappa shape index (κ2) is 6.95. The summed E-state index contributed by atoms with van der Waals surface area (Å²) in [6, 6.07) is 0.427. The van der Waals surface area contributed by atoms with E-state index in [1.165, 1.54) is 0 Å². The summed E-state index contributed by atoms with van der Waals surface area (Å²) in [5, 5.41) is 6.93. The van der Waals surface area contributed by atoms with E-state index in [9.17, 15) is 0 Å². The van der Waals surface area contributed by atoms with E-state index in [0.717, 1.165) is 19.3 Å². The van der Waals surface area contributed by atoms with Crippen LogP contribution in [0, 0.1) is 0 Å². The molecule has 12 heavy (non-hydrogen) atoms. The van der Waals surface area contributed by atoms with Crippen LogP contribution in [0.25, 0.3) is 10.4 Å². The van der Waals surface area contributed by atoms with Gasteiger partial charge in [-0.05, 0) is 25.4 Å². The summed E-state index contributed by atoms with van der Waals surface area (Å²) in [6.45, 7) is 4.19. The average molecular weight is 170 g/mol. The molecule has 2 unspecified atom stereocenters. The molecule has 0 amide bonds. The molecule has 0 aliphatic rings. The van der Waals surface area contributed by atoms with Gasteiger partial charge in [-0.1, -0.05) is 25.4 Å². The van der Waals surface area contributed by atoms with E-state index in [0.29, 0.717) is 6.04 Å². The average Bonchev–Trinajstić information content (AvgIpc) is 2.07. The molecule has 70 valence electrons. The maximum Gasteiger partial charge on any atom is 0.0527 e. The zero-order chi connectivity index (χ0) is 9.40. The Morgan fingerprint density at radius 2 is 2.17 bits per heavy atom. The molecule has 0 fully saturated rings. The Morgan fingerprint density at radius 1 is 1.50 bits per heavy atom. The van der Waals surface area contributed by atoms with Crippen molar-refractivity contribution in [2.45, 2.75) is 45.2 Å². The predicted molar refractivity (Wildman–Crippen MR) is 51.0 cm³/mol. The molecule has 0 saturated heterocycles. The topological polar surface area (TPSA) is 60.8 Å². The van der Waals surface area contributed by atoms with Crippen molar-refractivity contribution in [2.75, 3.05) is 7.05 Å². The molecule has 2 atom stereocenters. The molecular formula is C8H18N4. The van der Waals surface area contributed by atoms with Gasteiger partial charge in [-0.3, -0.25) is 0 Å². The molecule has 0 aromatic rings. The minimum absolute atomic E-state index is 0.106. The highest BCUT2D eigenvalue weighted by Crippen LogP contribution is 2.09. The lowest BCUT2D eigenvalue weighted by molar-refractivity contribution is 0.422. The maximum absolute atomic E-state index is 8.33. The number of hydrogen-bond acceptors (Lipinski definition) is 2. The summed E-state index contributed by atoms with van der Waals surface area (Å²) in [5.41, 5.74) is 8.33. The van der Waals surface area contributed by atoms with Gasteiger partial charge >= 0.3 is 0 Å². The third-order valence-electron chi connectivity index (χ3n) is 2.06. The molecule has 0 aromatic carbocycles. The van der Waals surface area contributed by atoms with Crippen LogP contribution in [0.15, 0.2) is 5.11 Å². The van der Waals surface area contributed by atoms with Gasteiger partial charge in [0.05, 0.1) is 6.04 Å². The summed E-state index contributed by atoms with van der Waals surface area (Å²) >= 11 is 0. The minimum atomic E-state index is 0.106. The monoisotopic (exact) mass is 170 g/mol. The Hall–Kier alpha value is -0.730. The first-order valence-electron chi connectivity index (χ1n) is 4.51. The first-order chi connectivity index (χ1) is 5.79. The fraction of sp³-hybridized carbons (Fsp3) is 1.00. The van der Waals surface area contributed by atoms with E-state index in [1.54, 1.807) is 0 Å². The number of azide groups is 1. The van der Waals surface area contributed by atoms with Gasteiger partial charge in [0.2, 0.25) is 0 Å². The first-order valence-corrected chi connectivity index (χ1v) is 4.51. The molecule has 4 heteroatoms. The lowest BCUT2D eigenvalue weighted by Crippen LogP contribution is -2.35. The summed E-state index contributed by atoms with van der Waals surface area (Å²) in [4.78, 5) is 2.86. The van der Waals surface area contributed by atoms with Gasteiger partial charge < -0.3 is 5.32 Å². The Kier molecular flexibility index (Phi) is 6.53. The van der Waals surface area contributed by atoms with Crippen LogP contribution in [-0.2, 0) is 0 Å². The minimum Gasteiger partial charge on any atom is -0.317 e. The highest BCUT2D eigenvalue weighted by Gasteiger charge is 2.15. The molecule has 0 spiro atoms. The molecule has 4 nitrogen and oxygen atoms in total. The van der Waals surface area contributed by atoms with Crippen LogP contribution in [0.4, 0.5) is 0 Å². The van der Waals surface area contributed by atoms with Crippen molar-refractivity contribution in [2.24, 2.45) is 5.11 Å². The van der Waals surface area contributed by atoms with Crippen molar-refractivity contribution in [1.82, 2.24) is 5.32 Å². The molecule has 0 aliphatic heterocycles. The summed E-state index contributed by atoms with van der Waals surface area (Å²) in [7, 11) is 1.91. The van der Waals surface area contributed by atoms with Crippen molar-refractivity contribution in [3.8, 4) is 0 Å². The van der Waals surface area contributed by atoms with E-state index >= 15 is 0 Å². The van der Waals surface area contributed by atoms with Crippen LogP contribution in [-0.4, -0.2) is 19.1 Å². The molecule has 1 N–H and O–H groups in total. The molecular weight excluding hydrogens is 152 g/mol. The summed E-state index contributed by atoms with van der Waals surface area (Å²) in [6.07, 6.45) is 3.02. The fourth-order valence-corrected chi connectivity index (χ4v) is 1.37. The van der Waals surface area contributed by atoms with E-state index in [1.807, 2.05) is 7.05 Å². The number of rotatable bonds is 6. The van der Waals surface area contributed by atoms with E-state index in [-0.39, 0.29) is 6.04 Å². The zero-order valence-electron chi connectivity index (χ0n) is 8.12. The van der Waals surface area contributed by atoms with E-state index < -0.39 is 0 Å². The smallest absolute Gasteiger partial charge is 0.0527 e. The lowest BCUT2D eigenvalue weighted by atomic mass is 10.0. The van der Waals surface area contributed by atoms with Crippen LogP contribution in [0.1, 0.15) is 33.1 Å². The SMILES string of the molecule is CCCC(N=[N+]=[N-])C(CC)NC. The molecule has 0 bridgehead atoms. The maximum atomic E-state index is 8.33. The first kappa shape index (κ1) is 11.3. The van der Waals surface area contributed by atoms with Gasteiger partial charge in [-0.15, -0.1) is 0 Å². The van der Waals surface area contributed by atoms with Crippen molar-refractivity contribution >= 4 is 0 Å². The second-order valence-corrected chi connectivity index (χ2v) is 2.86.